The number of benzene rings is 5. The lowest BCUT2D eigenvalue weighted by atomic mass is 10.1. The summed E-state index contributed by atoms with van der Waals surface area (Å²) in [6, 6.07) is 36.5. The first-order chi connectivity index (χ1) is 23.0. The number of esters is 1. The highest BCUT2D eigenvalue weighted by Crippen LogP contribution is 2.31. The van der Waals surface area contributed by atoms with Crippen LogP contribution in [-0.4, -0.2) is 11.9 Å². The molecule has 0 spiro atoms. The molecule has 5 heteroatoms. The minimum absolute atomic E-state index is 0.355. The molecule has 0 amide bonds. The van der Waals surface area contributed by atoms with Crippen LogP contribution in [0, 0.1) is 0 Å². The molecule has 0 heterocycles. The SMILES string of the molecule is CCCCc1ccc(OC(Oc2ccc(CCCC)cc2)(Oc2ccc(CCCC)cc2)C(=O)Oc2ccc3ccccc3c2)cc1. The number of hydrogen-bond acceptors (Lipinski definition) is 5. The first-order valence-electron chi connectivity index (χ1n) is 17.0. The molecule has 5 rings (SSSR count). The largest absolute Gasteiger partial charge is 0.524 e. The number of aryl methyl sites for hydroxylation is 3. The lowest BCUT2D eigenvalue weighted by Gasteiger charge is -2.31. The van der Waals surface area contributed by atoms with Gasteiger partial charge in [0.1, 0.15) is 23.0 Å². The van der Waals surface area contributed by atoms with E-state index in [0.29, 0.717) is 23.0 Å². The van der Waals surface area contributed by atoms with Crippen molar-refractivity contribution in [1.82, 2.24) is 0 Å². The highest BCUT2D eigenvalue weighted by Gasteiger charge is 2.51. The highest BCUT2D eigenvalue weighted by atomic mass is 16.9. The quantitative estimate of drug-likeness (QED) is 0.0581. The molecule has 5 aromatic rings. The Balaban J connectivity index is 1.53. The van der Waals surface area contributed by atoms with Gasteiger partial charge in [0.25, 0.3) is 0 Å². The van der Waals surface area contributed by atoms with Gasteiger partial charge in [-0.3, -0.25) is 0 Å². The van der Waals surface area contributed by atoms with Gasteiger partial charge < -0.3 is 18.9 Å². The van der Waals surface area contributed by atoms with E-state index < -0.39 is 11.9 Å². The van der Waals surface area contributed by atoms with Crippen molar-refractivity contribution in [3.63, 3.8) is 0 Å². The van der Waals surface area contributed by atoms with Gasteiger partial charge in [-0.2, -0.15) is 0 Å². The Kier molecular flexibility index (Phi) is 11.9. The first-order valence-corrected chi connectivity index (χ1v) is 17.0. The first kappa shape index (κ1) is 33.6. The average molecular weight is 631 g/mol. The van der Waals surface area contributed by atoms with Crippen LogP contribution in [0.3, 0.4) is 0 Å². The van der Waals surface area contributed by atoms with Crippen molar-refractivity contribution < 1.29 is 23.7 Å². The van der Waals surface area contributed by atoms with Crippen LogP contribution in [0.2, 0.25) is 0 Å². The molecule has 0 aliphatic heterocycles. The summed E-state index contributed by atoms with van der Waals surface area (Å²) in [5, 5.41) is 1.98. The highest BCUT2D eigenvalue weighted by molar-refractivity contribution is 5.86. The zero-order valence-corrected chi connectivity index (χ0v) is 27.9. The van der Waals surface area contributed by atoms with Crippen molar-refractivity contribution in [2.45, 2.75) is 84.5 Å². The van der Waals surface area contributed by atoms with Crippen LogP contribution in [0.25, 0.3) is 10.8 Å². The van der Waals surface area contributed by atoms with Gasteiger partial charge >= 0.3 is 11.9 Å². The van der Waals surface area contributed by atoms with Gasteiger partial charge in [-0.05, 0) is 115 Å². The lowest BCUT2D eigenvalue weighted by Crippen LogP contribution is -2.57. The Bertz CT molecular complexity index is 1560. The van der Waals surface area contributed by atoms with Crippen molar-refractivity contribution in [2.75, 3.05) is 0 Å². The fourth-order valence-corrected chi connectivity index (χ4v) is 5.37. The van der Waals surface area contributed by atoms with Gasteiger partial charge in [-0.15, -0.1) is 0 Å². The van der Waals surface area contributed by atoms with Gasteiger partial charge in [-0.1, -0.05) is 107 Å². The molecule has 5 aromatic carbocycles. The summed E-state index contributed by atoms with van der Waals surface area (Å²) < 4.78 is 25.4. The second kappa shape index (κ2) is 16.7. The predicted molar refractivity (Wildman–Crippen MR) is 189 cm³/mol. The summed E-state index contributed by atoms with van der Waals surface area (Å²) in [5.74, 6) is -1.53. The molecule has 47 heavy (non-hydrogen) atoms. The van der Waals surface area contributed by atoms with Crippen LogP contribution >= 0.6 is 0 Å². The maximum atomic E-state index is 14.4. The molecule has 0 saturated carbocycles. The normalized spacial score (nSPS) is 11.3. The molecule has 5 nitrogen and oxygen atoms in total. The smallest absolute Gasteiger partial charge is 0.418 e. The molecule has 0 aliphatic rings. The van der Waals surface area contributed by atoms with E-state index >= 15 is 0 Å². The topological polar surface area (TPSA) is 54.0 Å². The Labute approximate surface area is 279 Å². The monoisotopic (exact) mass is 630 g/mol. The standard InChI is InChI=1S/C42H46O5/c1-4-7-12-32-17-24-37(25-18-32)45-42(46-38-26-19-33(20-27-38)13-8-5-2,47-39-28-21-34(22-29-39)14-9-6-3)41(43)44-40-30-23-35-15-10-11-16-36(35)31-40/h10-11,15-31H,4-9,12-14H2,1-3H3. The van der Waals surface area contributed by atoms with E-state index in [1.807, 2.05) is 109 Å². The van der Waals surface area contributed by atoms with Gasteiger partial charge in [0.2, 0.25) is 0 Å². The summed E-state index contributed by atoms with van der Waals surface area (Å²) >= 11 is 0. The van der Waals surface area contributed by atoms with Gasteiger partial charge in [0, 0.05) is 0 Å². The molecule has 244 valence electrons. The number of carbonyl (C=O) groups is 1. The Morgan fingerprint density at radius 2 is 0.872 bits per heavy atom. The minimum Gasteiger partial charge on any atom is -0.418 e. The zero-order chi connectivity index (χ0) is 32.9. The average Bonchev–Trinajstić information content (AvgIpc) is 3.10. The van der Waals surface area contributed by atoms with Crippen LogP contribution < -0.4 is 18.9 Å². The molecule has 0 bridgehead atoms. The van der Waals surface area contributed by atoms with Gasteiger partial charge in [0.15, 0.2) is 0 Å². The Morgan fingerprint density at radius 1 is 0.489 bits per heavy atom. The van der Waals surface area contributed by atoms with Gasteiger partial charge in [0.05, 0.1) is 0 Å². The van der Waals surface area contributed by atoms with Crippen LogP contribution in [-0.2, 0) is 24.1 Å². The summed E-state index contributed by atoms with van der Waals surface area (Å²) in [5.41, 5.74) is 3.57. The van der Waals surface area contributed by atoms with Crippen molar-refractivity contribution in [3.05, 3.63) is 132 Å². The molecule has 0 unspecified atom stereocenters. The van der Waals surface area contributed by atoms with E-state index in [1.54, 1.807) is 6.07 Å². The van der Waals surface area contributed by atoms with Crippen LogP contribution in [0.5, 0.6) is 23.0 Å². The predicted octanol–water partition coefficient (Wildman–Crippen LogP) is 10.7. The van der Waals surface area contributed by atoms with E-state index in [9.17, 15) is 4.79 Å². The second-order valence-electron chi connectivity index (χ2n) is 12.0. The molecular weight excluding hydrogens is 584 g/mol. The molecule has 0 radical (unpaired) electrons. The third-order valence-corrected chi connectivity index (χ3v) is 8.17. The molecule has 0 aromatic heterocycles. The maximum Gasteiger partial charge on any atom is 0.524 e. The molecule has 0 saturated heterocycles. The van der Waals surface area contributed by atoms with Crippen LogP contribution in [0.1, 0.15) is 76.0 Å². The molecule has 0 aliphatic carbocycles. The number of hydrogen-bond donors (Lipinski definition) is 0. The Hall–Kier alpha value is -4.77. The second-order valence-corrected chi connectivity index (χ2v) is 12.0. The number of ether oxygens (including phenoxy) is 4. The molecule has 0 atom stereocenters. The number of fused-ring (bicyclic) bond motifs is 1. The zero-order valence-electron chi connectivity index (χ0n) is 27.9. The fourth-order valence-electron chi connectivity index (χ4n) is 5.37. The van der Waals surface area contributed by atoms with Crippen molar-refractivity contribution in [1.29, 1.82) is 0 Å². The summed E-state index contributed by atoms with van der Waals surface area (Å²) in [6.45, 7) is 6.52. The third kappa shape index (κ3) is 9.38. The fraction of sp³-hybridized carbons (Fsp3) is 0.310. The van der Waals surface area contributed by atoms with E-state index in [4.69, 9.17) is 18.9 Å². The van der Waals surface area contributed by atoms with E-state index in [0.717, 1.165) is 68.6 Å². The van der Waals surface area contributed by atoms with E-state index in [1.165, 1.54) is 16.7 Å². The molecular formula is C42H46O5. The molecule has 0 N–H and O–H groups in total. The number of carbonyl (C=O) groups excluding carboxylic acids is 1. The maximum absolute atomic E-state index is 14.4. The van der Waals surface area contributed by atoms with Crippen LogP contribution in [0.15, 0.2) is 115 Å². The summed E-state index contributed by atoms with van der Waals surface area (Å²) in [6.07, 6.45) is 9.51. The third-order valence-electron chi connectivity index (χ3n) is 8.17. The van der Waals surface area contributed by atoms with E-state index in [-0.39, 0.29) is 0 Å². The van der Waals surface area contributed by atoms with Crippen molar-refractivity contribution >= 4 is 16.7 Å². The van der Waals surface area contributed by atoms with Crippen molar-refractivity contribution in [3.8, 4) is 23.0 Å². The van der Waals surface area contributed by atoms with Gasteiger partial charge in [-0.25, -0.2) is 4.79 Å². The summed E-state index contributed by atoms with van der Waals surface area (Å²) in [4.78, 5) is 14.4. The van der Waals surface area contributed by atoms with Crippen molar-refractivity contribution in [2.24, 2.45) is 0 Å². The Morgan fingerprint density at radius 3 is 1.28 bits per heavy atom. The number of rotatable bonds is 17. The molecule has 0 fully saturated rings. The van der Waals surface area contributed by atoms with Crippen LogP contribution in [0.4, 0.5) is 0 Å². The lowest BCUT2D eigenvalue weighted by molar-refractivity contribution is -0.253. The van der Waals surface area contributed by atoms with E-state index in [2.05, 4.69) is 20.8 Å². The summed E-state index contributed by atoms with van der Waals surface area (Å²) in [7, 11) is 0. The minimum atomic E-state index is -2.30. The number of unbranched alkanes of at least 4 members (excludes halogenated alkanes) is 3.